The summed E-state index contributed by atoms with van der Waals surface area (Å²) in [4.78, 5) is 22.6. The maximum Gasteiger partial charge on any atom is 0.323 e. The van der Waals surface area contributed by atoms with Gasteiger partial charge in [-0.3, -0.25) is 9.59 Å². The van der Waals surface area contributed by atoms with Crippen LogP contribution in [0.15, 0.2) is 0 Å². The molecule has 0 aliphatic rings. The van der Waals surface area contributed by atoms with E-state index in [2.05, 4.69) is 0 Å². The molecule has 0 unspecified atom stereocenters. The third-order valence-corrected chi connectivity index (χ3v) is 4.19. The van der Waals surface area contributed by atoms with E-state index in [0.717, 1.165) is 0 Å². The van der Waals surface area contributed by atoms with Crippen LogP contribution >= 0.6 is 0 Å². The van der Waals surface area contributed by atoms with E-state index >= 15 is 0 Å². The van der Waals surface area contributed by atoms with Gasteiger partial charge in [-0.25, -0.2) is 0 Å². The Balaban J connectivity index is 4.10. The molecule has 0 amide bonds. The fourth-order valence-electron chi connectivity index (χ4n) is 1.10. The molecule has 0 saturated heterocycles. The van der Waals surface area contributed by atoms with E-state index in [4.69, 9.17) is 32.1 Å². The summed E-state index contributed by atoms with van der Waals surface area (Å²) in [6, 6.07) is -1.53. The fourth-order valence-corrected chi connectivity index (χ4v) is 3.19. The lowest BCUT2D eigenvalue weighted by Gasteiger charge is -2.15. The van der Waals surface area contributed by atoms with E-state index in [-0.39, 0.29) is 24.7 Å². The molecule has 106 valence electrons. The molecule has 0 aromatic carbocycles. The molecule has 0 aliphatic heterocycles. The zero-order valence-corrected chi connectivity index (χ0v) is 12.2. The average Bonchev–Trinajstić information content (AvgIpc) is 2.29. The van der Waals surface area contributed by atoms with Crippen LogP contribution in [0.25, 0.3) is 0 Å². The molecule has 4 N–H and O–H groups in total. The van der Waals surface area contributed by atoms with Gasteiger partial charge in [0.1, 0.15) is 12.1 Å². The van der Waals surface area contributed by atoms with Gasteiger partial charge in [-0.1, -0.05) is 11.2 Å². The Morgan fingerprint density at radius 1 is 1.06 bits per heavy atom. The molecule has 2 atom stereocenters. The molecule has 0 aromatic rings. The van der Waals surface area contributed by atoms with E-state index in [9.17, 15) is 9.59 Å². The molecular weight excluding hydrogens is 276 g/mol. The summed E-state index contributed by atoms with van der Waals surface area (Å²) < 4.78 is 9.53. The minimum Gasteiger partial charge on any atom is -0.465 e. The number of hydrogen-bond donors (Lipinski definition) is 2. The minimum atomic E-state index is -0.764. The van der Waals surface area contributed by atoms with Crippen LogP contribution in [0, 0.1) is 0 Å². The largest absolute Gasteiger partial charge is 0.465 e. The normalized spacial score (nSPS) is 14.1. The van der Waals surface area contributed by atoms with Crippen molar-refractivity contribution in [2.75, 3.05) is 24.7 Å². The van der Waals surface area contributed by atoms with Crippen molar-refractivity contribution in [3.05, 3.63) is 0 Å². The van der Waals surface area contributed by atoms with Gasteiger partial charge in [0, 0.05) is 11.5 Å². The van der Waals surface area contributed by atoms with Crippen molar-refractivity contribution in [2.24, 2.45) is 11.5 Å². The van der Waals surface area contributed by atoms with E-state index in [1.807, 2.05) is 0 Å². The second-order valence-corrected chi connectivity index (χ2v) is 6.45. The Morgan fingerprint density at radius 3 is 1.67 bits per heavy atom. The van der Waals surface area contributed by atoms with Crippen LogP contribution in [0.5, 0.6) is 0 Å². The van der Waals surface area contributed by atoms with Crippen LogP contribution in [0.3, 0.4) is 0 Å². The molecule has 0 bridgehead atoms. The first-order valence-electron chi connectivity index (χ1n) is 5.61. The number of carbonyl (C=O) groups excluding carboxylic acids is 2. The molecule has 0 aliphatic carbocycles. The quantitative estimate of drug-likeness (QED) is 0.545. The van der Waals surface area contributed by atoms with Crippen LogP contribution in [0.2, 0.25) is 0 Å². The molecule has 0 radical (unpaired) electrons. The van der Waals surface area contributed by atoms with Crippen LogP contribution < -0.4 is 11.5 Å². The van der Waals surface area contributed by atoms with Crippen molar-refractivity contribution in [3.8, 4) is 0 Å². The topological polar surface area (TPSA) is 105 Å². The van der Waals surface area contributed by atoms with Crippen LogP contribution in [0.4, 0.5) is 0 Å². The highest BCUT2D eigenvalue weighted by molar-refractivity contribution is 8.28. The van der Waals surface area contributed by atoms with Crippen molar-refractivity contribution in [1.29, 1.82) is 0 Å². The van der Waals surface area contributed by atoms with Gasteiger partial charge < -0.3 is 20.9 Å². The molecule has 6 nitrogen and oxygen atoms in total. The summed E-state index contributed by atoms with van der Waals surface area (Å²) in [5.74, 6) is -0.406. The first kappa shape index (κ1) is 17.4. The monoisotopic (exact) mass is 296 g/mol. The summed E-state index contributed by atoms with van der Waals surface area (Å²) in [6.45, 7) is 3.96. The van der Waals surface area contributed by atoms with Crippen molar-refractivity contribution < 1.29 is 19.1 Å². The van der Waals surface area contributed by atoms with Gasteiger partial charge in [0.2, 0.25) is 0 Å². The number of nitrogens with two attached hydrogens (primary N) is 2. The molecule has 8 heteroatoms. The van der Waals surface area contributed by atoms with E-state index < -0.39 is 33.5 Å². The van der Waals surface area contributed by atoms with Crippen molar-refractivity contribution in [3.63, 3.8) is 0 Å². The lowest BCUT2D eigenvalue weighted by atomic mass is 10.4. The van der Waals surface area contributed by atoms with Gasteiger partial charge in [0.05, 0.1) is 13.2 Å². The van der Waals surface area contributed by atoms with Crippen molar-refractivity contribution in [1.82, 2.24) is 0 Å². The zero-order chi connectivity index (χ0) is 14.1. The standard InChI is InChI=1S/C10H20N2O4S2/c1-3-15-9(13)7(11)5-18(17)6-8(12)10(14)16-4-2/h7-8H,3-6,11-12H2,1-2H3/t7-,8-/m0/s1. The SMILES string of the molecule is CCOC(=O)[C@@H](N)CS(=S)C[C@H](N)C(=O)OCC. The highest BCUT2D eigenvalue weighted by Crippen LogP contribution is 1.96. The Morgan fingerprint density at radius 2 is 1.39 bits per heavy atom. The summed E-state index contributed by atoms with van der Waals surface area (Å²) >= 11 is 5.15. The Hall–Kier alpha value is -0.570. The van der Waals surface area contributed by atoms with Gasteiger partial charge in [-0.05, 0) is 13.8 Å². The van der Waals surface area contributed by atoms with Crippen LogP contribution in [-0.4, -0.2) is 48.7 Å². The summed E-state index contributed by atoms with van der Waals surface area (Å²) in [7, 11) is -0.647. The molecule has 0 spiro atoms. The molecular formula is C10H20N2O4S2. The van der Waals surface area contributed by atoms with Gasteiger partial charge in [0.25, 0.3) is 0 Å². The third kappa shape index (κ3) is 7.00. The molecule has 0 aromatic heterocycles. The van der Waals surface area contributed by atoms with E-state index in [0.29, 0.717) is 0 Å². The number of ether oxygens (including phenoxy) is 2. The molecule has 0 heterocycles. The second kappa shape index (κ2) is 9.37. The van der Waals surface area contributed by atoms with E-state index in [1.165, 1.54) is 0 Å². The number of rotatable bonds is 8. The predicted molar refractivity (Wildman–Crippen MR) is 73.7 cm³/mol. The maximum atomic E-state index is 11.3. The van der Waals surface area contributed by atoms with Crippen LogP contribution in [-0.2, 0) is 39.7 Å². The lowest BCUT2D eigenvalue weighted by molar-refractivity contribution is -0.144. The zero-order valence-electron chi connectivity index (χ0n) is 10.6. The summed E-state index contributed by atoms with van der Waals surface area (Å²) in [5, 5.41) is 0. The van der Waals surface area contributed by atoms with Crippen LogP contribution in [0.1, 0.15) is 13.8 Å². The number of esters is 2. The lowest BCUT2D eigenvalue weighted by Crippen LogP contribution is -2.42. The molecule has 0 saturated carbocycles. The van der Waals surface area contributed by atoms with E-state index in [1.54, 1.807) is 13.8 Å². The van der Waals surface area contributed by atoms with Gasteiger partial charge in [0.15, 0.2) is 0 Å². The minimum absolute atomic E-state index is 0.278. The Bertz CT molecular complexity index is 284. The van der Waals surface area contributed by atoms with Gasteiger partial charge in [-0.2, -0.15) is 0 Å². The second-order valence-electron chi connectivity index (χ2n) is 3.49. The highest BCUT2D eigenvalue weighted by atomic mass is 32.8. The number of hydrogen-bond acceptors (Lipinski definition) is 7. The third-order valence-electron chi connectivity index (χ3n) is 1.91. The van der Waals surface area contributed by atoms with Crippen molar-refractivity contribution in [2.45, 2.75) is 25.9 Å². The Kier molecular flexibility index (Phi) is 9.08. The smallest absolute Gasteiger partial charge is 0.323 e. The highest BCUT2D eigenvalue weighted by Gasteiger charge is 2.20. The first-order valence-corrected chi connectivity index (χ1v) is 8.10. The Labute approximate surface area is 114 Å². The first-order chi connectivity index (χ1) is 8.42. The molecule has 0 fully saturated rings. The summed E-state index contributed by atoms with van der Waals surface area (Å²) in [5.41, 5.74) is 11.2. The molecule has 0 rings (SSSR count). The maximum absolute atomic E-state index is 11.3. The van der Waals surface area contributed by atoms with Gasteiger partial charge in [-0.15, -0.1) is 9.45 Å². The summed E-state index contributed by atoms with van der Waals surface area (Å²) in [6.07, 6.45) is 0. The average molecular weight is 296 g/mol. The van der Waals surface area contributed by atoms with Crippen molar-refractivity contribution >= 4 is 32.6 Å². The fraction of sp³-hybridized carbons (Fsp3) is 0.800. The van der Waals surface area contributed by atoms with Gasteiger partial charge >= 0.3 is 11.9 Å². The predicted octanol–water partition coefficient (Wildman–Crippen LogP) is -1.15. The molecule has 18 heavy (non-hydrogen) atoms. The number of carbonyl (C=O) groups is 2.